The topological polar surface area (TPSA) is 93.5 Å². The molecule has 7 nitrogen and oxygen atoms in total. The summed E-state index contributed by atoms with van der Waals surface area (Å²) >= 11 is -0.554. The maximum atomic E-state index is 8.95. The van der Waals surface area contributed by atoms with Crippen LogP contribution in [0.2, 0.25) is 0 Å². The standard InChI is InChI=1S/C23H27N5O2S/c1-25-22-4-3-16(11-19(22)14-24)18-12-17-5-8-26-15-21(17)23(13-18)27-20-6-9-28(10-7-20)31(2)30-29/h3-5,8,11-15,20,24-25,27H,6-7,9-10H2,1-2H3/p+1. The molecule has 31 heavy (non-hydrogen) atoms. The molecule has 3 aromatic rings. The molecule has 4 rings (SSSR count). The molecule has 0 saturated carbocycles. The molecule has 2 aromatic carbocycles. The highest BCUT2D eigenvalue weighted by atomic mass is 32.2. The monoisotopic (exact) mass is 438 g/mol. The molecule has 0 bridgehead atoms. The molecule has 1 atom stereocenters. The first-order chi connectivity index (χ1) is 15.1. The van der Waals surface area contributed by atoms with Gasteiger partial charge in [0.05, 0.1) is 0 Å². The van der Waals surface area contributed by atoms with E-state index in [2.05, 4.69) is 42.5 Å². The molecule has 1 aliphatic rings. The second-order valence-electron chi connectivity index (χ2n) is 7.66. The minimum atomic E-state index is -0.554. The van der Waals surface area contributed by atoms with Gasteiger partial charge in [0.15, 0.2) is 6.26 Å². The fourth-order valence-corrected chi connectivity index (χ4v) is 4.92. The lowest BCUT2D eigenvalue weighted by Gasteiger charge is -2.29. The Kier molecular flexibility index (Phi) is 6.72. The number of hydrogen-bond donors (Lipinski definition) is 4. The van der Waals surface area contributed by atoms with Gasteiger partial charge in [-0.2, -0.15) is 0 Å². The first-order valence-corrected chi connectivity index (χ1v) is 11.8. The molecule has 2 heterocycles. The molecule has 162 valence electrons. The Labute approximate surface area is 185 Å². The van der Waals surface area contributed by atoms with Crippen LogP contribution in [0.25, 0.3) is 21.9 Å². The lowest BCUT2D eigenvalue weighted by molar-refractivity contribution is -0.127. The third-order valence-corrected chi connectivity index (χ3v) is 7.16. The summed E-state index contributed by atoms with van der Waals surface area (Å²) < 4.78 is 6.67. The fourth-order valence-electron chi connectivity index (χ4n) is 4.10. The molecular weight excluding hydrogens is 410 g/mol. The van der Waals surface area contributed by atoms with Gasteiger partial charge in [0, 0.05) is 71.4 Å². The van der Waals surface area contributed by atoms with Crippen LogP contribution in [-0.2, 0) is 15.7 Å². The summed E-state index contributed by atoms with van der Waals surface area (Å²) in [5, 5.41) is 25.8. The third kappa shape index (κ3) is 4.67. The van der Waals surface area contributed by atoms with Gasteiger partial charge >= 0.3 is 0 Å². The van der Waals surface area contributed by atoms with Crippen molar-refractivity contribution in [1.29, 1.82) is 5.41 Å². The predicted octanol–water partition coefficient (Wildman–Crippen LogP) is 4.39. The molecule has 1 aromatic heterocycles. The number of aromatic nitrogens is 1. The summed E-state index contributed by atoms with van der Waals surface area (Å²) in [6, 6.07) is 12.9. The van der Waals surface area contributed by atoms with Crippen molar-refractivity contribution in [1.82, 2.24) is 9.29 Å². The first-order valence-electron chi connectivity index (χ1n) is 10.3. The predicted molar refractivity (Wildman–Crippen MR) is 130 cm³/mol. The van der Waals surface area contributed by atoms with Crippen molar-refractivity contribution in [3.8, 4) is 11.1 Å². The van der Waals surface area contributed by atoms with E-state index in [0.717, 1.165) is 64.8 Å². The number of nitrogens with zero attached hydrogens (tertiary/aromatic N) is 2. The zero-order chi connectivity index (χ0) is 21.8. The van der Waals surface area contributed by atoms with E-state index >= 15 is 0 Å². The highest BCUT2D eigenvalue weighted by molar-refractivity contribution is 7.89. The van der Waals surface area contributed by atoms with Gasteiger partial charge in [-0.15, -0.1) is 0 Å². The smallest absolute Gasteiger partial charge is 0.276 e. The van der Waals surface area contributed by atoms with Crippen molar-refractivity contribution in [3.05, 3.63) is 54.4 Å². The molecule has 0 spiro atoms. The number of nitrogens with one attached hydrogen (secondary N) is 3. The van der Waals surface area contributed by atoms with E-state index in [1.165, 1.54) is 6.21 Å². The normalized spacial score (nSPS) is 16.2. The second-order valence-corrected chi connectivity index (χ2v) is 9.18. The summed E-state index contributed by atoms with van der Waals surface area (Å²) in [4.78, 5) is 4.34. The molecule has 0 radical (unpaired) electrons. The average Bonchev–Trinajstić information content (AvgIpc) is 2.83. The van der Waals surface area contributed by atoms with Crippen LogP contribution < -0.4 is 10.6 Å². The molecule has 0 amide bonds. The SMILES string of the molecule is CNc1ccc(-c2cc(NC3CCN([S+](C)OO)CC3)c3cnccc3c2)cc1C=N. The van der Waals surface area contributed by atoms with Gasteiger partial charge in [0.1, 0.15) is 0 Å². The summed E-state index contributed by atoms with van der Waals surface area (Å²) in [6.07, 6.45) is 8.94. The van der Waals surface area contributed by atoms with E-state index < -0.39 is 11.4 Å². The van der Waals surface area contributed by atoms with Gasteiger partial charge in [0.2, 0.25) is 0 Å². The van der Waals surface area contributed by atoms with E-state index in [9.17, 15) is 0 Å². The van der Waals surface area contributed by atoms with Crippen molar-refractivity contribution in [2.75, 3.05) is 37.0 Å². The van der Waals surface area contributed by atoms with Crippen molar-refractivity contribution in [3.63, 3.8) is 0 Å². The van der Waals surface area contributed by atoms with Gasteiger partial charge in [0.25, 0.3) is 11.4 Å². The van der Waals surface area contributed by atoms with Crippen LogP contribution in [0, 0.1) is 5.41 Å². The number of fused-ring (bicyclic) bond motifs is 1. The van der Waals surface area contributed by atoms with Gasteiger partial charge in [-0.1, -0.05) is 10.4 Å². The molecule has 1 saturated heterocycles. The van der Waals surface area contributed by atoms with Crippen molar-refractivity contribution < 1.29 is 9.59 Å². The molecule has 4 N–H and O–H groups in total. The van der Waals surface area contributed by atoms with Crippen LogP contribution >= 0.6 is 0 Å². The van der Waals surface area contributed by atoms with Gasteiger partial charge < -0.3 is 16.0 Å². The molecule has 8 heteroatoms. The Morgan fingerprint density at radius 2 is 1.97 bits per heavy atom. The van der Waals surface area contributed by atoms with Crippen LogP contribution in [0.1, 0.15) is 18.4 Å². The van der Waals surface area contributed by atoms with E-state index in [4.69, 9.17) is 10.7 Å². The van der Waals surface area contributed by atoms with E-state index in [1.807, 2.05) is 43.9 Å². The van der Waals surface area contributed by atoms with Crippen LogP contribution in [0.4, 0.5) is 11.4 Å². The largest absolute Gasteiger partial charge is 0.388 e. The van der Waals surface area contributed by atoms with Crippen LogP contribution in [0.15, 0.2) is 48.8 Å². The minimum Gasteiger partial charge on any atom is -0.388 e. The van der Waals surface area contributed by atoms with Crippen LogP contribution in [0.5, 0.6) is 0 Å². The number of rotatable bonds is 7. The zero-order valence-electron chi connectivity index (χ0n) is 17.8. The molecule has 1 fully saturated rings. The average molecular weight is 439 g/mol. The third-order valence-electron chi connectivity index (χ3n) is 5.85. The Bertz CT molecular complexity index is 1070. The van der Waals surface area contributed by atoms with Crippen LogP contribution in [-0.4, -0.2) is 53.2 Å². The van der Waals surface area contributed by atoms with E-state index in [-0.39, 0.29) is 0 Å². The number of pyridine rings is 1. The first kappa shape index (κ1) is 21.6. The van der Waals surface area contributed by atoms with Gasteiger partial charge in [-0.3, -0.25) is 4.98 Å². The van der Waals surface area contributed by atoms with Crippen molar-refractivity contribution in [2.24, 2.45) is 0 Å². The summed E-state index contributed by atoms with van der Waals surface area (Å²) in [5.74, 6) is 0. The summed E-state index contributed by atoms with van der Waals surface area (Å²) in [7, 11) is 1.87. The fraction of sp³-hybridized carbons (Fsp3) is 0.304. The van der Waals surface area contributed by atoms with Crippen molar-refractivity contribution >= 4 is 39.7 Å². The Hall–Kier alpha value is -2.65. The Balaban J connectivity index is 1.64. The number of hydrogen-bond acceptors (Lipinski definition) is 7. The lowest BCUT2D eigenvalue weighted by atomic mass is 9.97. The number of benzene rings is 2. The van der Waals surface area contributed by atoms with Gasteiger partial charge in [-0.05, 0) is 59.7 Å². The number of piperidine rings is 1. The maximum absolute atomic E-state index is 8.95. The molecule has 1 aliphatic heterocycles. The quantitative estimate of drug-likeness (QED) is 0.189. The Morgan fingerprint density at radius 3 is 2.68 bits per heavy atom. The highest BCUT2D eigenvalue weighted by Gasteiger charge is 2.31. The number of anilines is 2. The molecule has 1 unspecified atom stereocenters. The summed E-state index contributed by atoms with van der Waals surface area (Å²) in [5.41, 5.74) is 5.05. The minimum absolute atomic E-state index is 0.342. The van der Waals surface area contributed by atoms with E-state index in [1.54, 1.807) is 0 Å². The molecular formula is C23H28N5O2S+. The summed E-state index contributed by atoms with van der Waals surface area (Å²) in [6.45, 7) is 1.75. The van der Waals surface area contributed by atoms with E-state index in [0.29, 0.717) is 6.04 Å². The lowest BCUT2D eigenvalue weighted by Crippen LogP contribution is -2.42. The molecule has 0 aliphatic carbocycles. The Morgan fingerprint density at radius 1 is 1.16 bits per heavy atom. The van der Waals surface area contributed by atoms with Gasteiger partial charge in [-0.25, -0.2) is 5.26 Å². The van der Waals surface area contributed by atoms with Crippen LogP contribution in [0.3, 0.4) is 0 Å². The highest BCUT2D eigenvalue weighted by Crippen LogP contribution is 2.33. The maximum Gasteiger partial charge on any atom is 0.276 e. The van der Waals surface area contributed by atoms with Crippen molar-refractivity contribution in [2.45, 2.75) is 18.9 Å². The zero-order valence-corrected chi connectivity index (χ0v) is 18.6. The second kappa shape index (κ2) is 9.65.